The lowest BCUT2D eigenvalue weighted by Gasteiger charge is -2.30. The minimum absolute atomic E-state index is 0.123. The summed E-state index contributed by atoms with van der Waals surface area (Å²) in [7, 11) is 1.61. The van der Waals surface area contributed by atoms with Crippen molar-refractivity contribution < 1.29 is 9.53 Å². The van der Waals surface area contributed by atoms with Crippen LogP contribution < -0.4 is 10.9 Å². The molecule has 7 nitrogen and oxygen atoms in total. The summed E-state index contributed by atoms with van der Waals surface area (Å²) in [6.45, 7) is 5.10. The molecule has 1 atom stereocenters. The third kappa shape index (κ3) is 5.23. The van der Waals surface area contributed by atoms with Crippen molar-refractivity contribution in [3.05, 3.63) is 68.7 Å². The Balaban J connectivity index is 1.98. The zero-order valence-electron chi connectivity index (χ0n) is 18.3. The molecule has 0 aliphatic rings. The van der Waals surface area contributed by atoms with E-state index in [0.717, 1.165) is 0 Å². The molecule has 1 unspecified atom stereocenters. The van der Waals surface area contributed by atoms with E-state index < -0.39 is 6.04 Å². The Hall–Kier alpha value is -2.61. The summed E-state index contributed by atoms with van der Waals surface area (Å²) < 4.78 is 6.78. The highest BCUT2D eigenvalue weighted by Crippen LogP contribution is 2.26. The van der Waals surface area contributed by atoms with Crippen LogP contribution in [0.2, 0.25) is 10.0 Å². The molecule has 2 aromatic carbocycles. The van der Waals surface area contributed by atoms with E-state index in [0.29, 0.717) is 58.6 Å². The molecule has 1 aromatic heterocycles. The molecular weight excluding hydrogens is 451 g/mol. The smallest absolute Gasteiger partial charge is 0.322 e. The number of hydrogen-bond donors (Lipinski definition) is 1. The number of aromatic nitrogens is 2. The molecule has 0 bridgehead atoms. The molecule has 0 fully saturated rings. The zero-order chi connectivity index (χ0) is 23.3. The van der Waals surface area contributed by atoms with Gasteiger partial charge in [0, 0.05) is 32.5 Å². The van der Waals surface area contributed by atoms with E-state index in [1.165, 1.54) is 0 Å². The largest absolute Gasteiger partial charge is 0.385 e. The van der Waals surface area contributed by atoms with Gasteiger partial charge in [0.2, 0.25) is 0 Å². The highest BCUT2D eigenvalue weighted by atomic mass is 35.5. The molecule has 3 rings (SSSR count). The molecule has 2 amide bonds. The van der Waals surface area contributed by atoms with Gasteiger partial charge in [-0.2, -0.15) is 0 Å². The fourth-order valence-electron chi connectivity index (χ4n) is 3.57. The number of halogens is 2. The predicted molar refractivity (Wildman–Crippen MR) is 129 cm³/mol. The first kappa shape index (κ1) is 24.0. The summed E-state index contributed by atoms with van der Waals surface area (Å²) in [6, 6.07) is 11.3. The average Bonchev–Trinajstić information content (AvgIpc) is 2.78. The van der Waals surface area contributed by atoms with Crippen molar-refractivity contribution >= 4 is 45.8 Å². The molecule has 32 heavy (non-hydrogen) atoms. The minimum Gasteiger partial charge on any atom is -0.385 e. The van der Waals surface area contributed by atoms with E-state index in [1.54, 1.807) is 46.9 Å². The van der Waals surface area contributed by atoms with Crippen LogP contribution in [0.25, 0.3) is 10.9 Å². The van der Waals surface area contributed by atoms with Gasteiger partial charge in [-0.1, -0.05) is 35.3 Å². The number of carbonyl (C=O) groups excluding carboxylic acids is 1. The third-order valence-corrected chi connectivity index (χ3v) is 5.97. The molecular formula is C23H26Cl2N4O3. The maximum atomic E-state index is 13.2. The Bertz CT molecular complexity index is 1170. The van der Waals surface area contributed by atoms with Crippen LogP contribution in [0.15, 0.2) is 47.3 Å². The molecule has 0 saturated heterocycles. The van der Waals surface area contributed by atoms with Crippen LogP contribution in [0.3, 0.4) is 0 Å². The molecule has 0 spiro atoms. The zero-order valence-corrected chi connectivity index (χ0v) is 19.8. The Morgan fingerprint density at radius 1 is 1.22 bits per heavy atom. The predicted octanol–water partition coefficient (Wildman–Crippen LogP) is 5.35. The topological polar surface area (TPSA) is 76.5 Å². The number of nitrogens with zero attached hydrogens (tertiary/aromatic N) is 3. The van der Waals surface area contributed by atoms with Gasteiger partial charge in [-0.05, 0) is 50.6 Å². The van der Waals surface area contributed by atoms with Gasteiger partial charge in [0.25, 0.3) is 5.56 Å². The molecule has 0 radical (unpaired) electrons. The first-order valence-corrected chi connectivity index (χ1v) is 11.1. The number of ether oxygens (including phenoxy) is 1. The van der Waals surface area contributed by atoms with Crippen LogP contribution in [-0.2, 0) is 11.3 Å². The molecule has 1 N–H and O–H groups in total. The van der Waals surface area contributed by atoms with Crippen molar-refractivity contribution in [2.45, 2.75) is 32.9 Å². The quantitative estimate of drug-likeness (QED) is 0.444. The fraction of sp³-hybridized carbons (Fsp3) is 0.348. The molecule has 170 valence electrons. The van der Waals surface area contributed by atoms with Gasteiger partial charge in [0.1, 0.15) is 5.82 Å². The van der Waals surface area contributed by atoms with E-state index in [9.17, 15) is 9.59 Å². The first-order chi connectivity index (χ1) is 15.4. The Kier molecular flexibility index (Phi) is 8.12. The van der Waals surface area contributed by atoms with Crippen molar-refractivity contribution in [2.24, 2.45) is 0 Å². The van der Waals surface area contributed by atoms with Crippen molar-refractivity contribution in [1.29, 1.82) is 0 Å². The summed E-state index contributed by atoms with van der Waals surface area (Å²) in [5.41, 5.74) is 1.00. The van der Waals surface area contributed by atoms with Crippen molar-refractivity contribution in [3.8, 4) is 0 Å². The van der Waals surface area contributed by atoms with Crippen molar-refractivity contribution in [1.82, 2.24) is 14.5 Å². The molecule has 0 saturated carbocycles. The van der Waals surface area contributed by atoms with Crippen LogP contribution in [-0.4, -0.2) is 40.7 Å². The SMILES string of the molecule is CCn1c(C(C)N(CCCOC)C(=O)Nc2ccc(Cl)c(Cl)c2)nc2ccccc2c1=O. The second kappa shape index (κ2) is 10.8. The van der Waals surface area contributed by atoms with Crippen molar-refractivity contribution in [2.75, 3.05) is 25.6 Å². The van der Waals surface area contributed by atoms with E-state index in [1.807, 2.05) is 26.0 Å². The van der Waals surface area contributed by atoms with Gasteiger partial charge >= 0.3 is 6.03 Å². The Labute approximate surface area is 196 Å². The third-order valence-electron chi connectivity index (χ3n) is 5.23. The first-order valence-electron chi connectivity index (χ1n) is 10.4. The summed E-state index contributed by atoms with van der Waals surface area (Å²) >= 11 is 12.1. The summed E-state index contributed by atoms with van der Waals surface area (Å²) in [5.74, 6) is 0.526. The van der Waals surface area contributed by atoms with E-state index in [-0.39, 0.29) is 11.6 Å². The average molecular weight is 477 g/mol. The fourth-order valence-corrected chi connectivity index (χ4v) is 3.87. The summed E-state index contributed by atoms with van der Waals surface area (Å²) in [4.78, 5) is 32.7. The number of nitrogens with one attached hydrogen (secondary N) is 1. The number of para-hydroxylation sites is 1. The van der Waals surface area contributed by atoms with Crippen LogP contribution >= 0.6 is 23.2 Å². The van der Waals surface area contributed by atoms with Gasteiger partial charge in [-0.25, -0.2) is 9.78 Å². The van der Waals surface area contributed by atoms with Crippen LogP contribution in [0, 0.1) is 0 Å². The standard InChI is InChI=1S/C23H26Cl2N4O3/c1-4-28-21(27-20-9-6-5-8-17(20)22(28)30)15(2)29(12-7-13-32-3)23(31)26-16-10-11-18(24)19(25)14-16/h5-6,8-11,14-15H,4,7,12-13H2,1-3H3,(H,26,31). The molecule has 9 heteroatoms. The van der Waals surface area contributed by atoms with E-state index in [4.69, 9.17) is 32.9 Å². The summed E-state index contributed by atoms with van der Waals surface area (Å²) in [5, 5.41) is 4.17. The second-order valence-corrected chi connectivity index (χ2v) is 8.13. The molecule has 3 aromatic rings. The highest BCUT2D eigenvalue weighted by Gasteiger charge is 2.26. The Morgan fingerprint density at radius 3 is 2.66 bits per heavy atom. The monoisotopic (exact) mass is 476 g/mol. The van der Waals surface area contributed by atoms with Gasteiger partial charge in [0.05, 0.1) is 27.0 Å². The number of rotatable bonds is 8. The van der Waals surface area contributed by atoms with Crippen LogP contribution in [0.1, 0.15) is 32.1 Å². The van der Waals surface area contributed by atoms with Crippen LogP contribution in [0.4, 0.5) is 10.5 Å². The maximum absolute atomic E-state index is 13.2. The molecule has 1 heterocycles. The number of carbonyl (C=O) groups is 1. The maximum Gasteiger partial charge on any atom is 0.322 e. The van der Waals surface area contributed by atoms with E-state index >= 15 is 0 Å². The van der Waals surface area contributed by atoms with Gasteiger partial charge in [-0.15, -0.1) is 0 Å². The van der Waals surface area contributed by atoms with Gasteiger partial charge < -0.3 is 15.0 Å². The van der Waals surface area contributed by atoms with E-state index in [2.05, 4.69) is 5.32 Å². The van der Waals surface area contributed by atoms with Crippen molar-refractivity contribution in [3.63, 3.8) is 0 Å². The minimum atomic E-state index is -0.466. The lowest BCUT2D eigenvalue weighted by molar-refractivity contribution is 0.158. The number of benzene rings is 2. The number of fused-ring (bicyclic) bond motifs is 1. The lowest BCUT2D eigenvalue weighted by Crippen LogP contribution is -2.41. The number of amides is 2. The lowest BCUT2D eigenvalue weighted by atomic mass is 10.2. The second-order valence-electron chi connectivity index (χ2n) is 7.31. The normalized spacial score (nSPS) is 12.0. The number of hydrogen-bond acceptors (Lipinski definition) is 4. The molecule has 0 aliphatic heterocycles. The number of anilines is 1. The number of urea groups is 1. The summed E-state index contributed by atoms with van der Waals surface area (Å²) in [6.07, 6.45) is 0.625. The van der Waals surface area contributed by atoms with Gasteiger partial charge in [-0.3, -0.25) is 9.36 Å². The molecule has 0 aliphatic carbocycles. The van der Waals surface area contributed by atoms with Gasteiger partial charge in [0.15, 0.2) is 0 Å². The van der Waals surface area contributed by atoms with Crippen LogP contribution in [0.5, 0.6) is 0 Å². The highest BCUT2D eigenvalue weighted by molar-refractivity contribution is 6.42. The Morgan fingerprint density at radius 2 is 1.97 bits per heavy atom. The number of methoxy groups -OCH3 is 1.